The van der Waals surface area contributed by atoms with Crippen molar-refractivity contribution < 1.29 is 0 Å². The summed E-state index contributed by atoms with van der Waals surface area (Å²) in [5, 5.41) is 0. The lowest BCUT2D eigenvalue weighted by Gasteiger charge is -1.95. The Labute approximate surface area is 47.8 Å². The normalized spacial score (nSPS) is 10.6. The molecule has 0 bridgehead atoms. The van der Waals surface area contributed by atoms with E-state index in [4.69, 9.17) is 0 Å². The molecule has 0 saturated carbocycles. The van der Waals surface area contributed by atoms with Crippen LogP contribution >= 0.6 is 15.8 Å². The first-order chi connectivity index (χ1) is 3.13. The summed E-state index contributed by atoms with van der Waals surface area (Å²) in [6, 6.07) is 0. The maximum atomic E-state index is 4.44. The Morgan fingerprint density at radius 1 is 1.29 bits per heavy atom. The van der Waals surface area contributed by atoms with Crippen LogP contribution in [-0.4, -0.2) is 26.7 Å². The van der Waals surface area contributed by atoms with Gasteiger partial charge in [-0.15, -0.1) is 0 Å². The van der Waals surface area contributed by atoms with E-state index in [-0.39, 0.29) is 15.8 Å². The highest BCUT2D eigenvalue weighted by molar-refractivity contribution is 7.62. The Hall–Kier alpha value is 0.660. The molecular weight excluding hydrogens is 124 g/mol. The van der Waals surface area contributed by atoms with E-state index in [0.717, 1.165) is 0 Å². The van der Waals surface area contributed by atoms with Crippen LogP contribution in [0.3, 0.4) is 0 Å². The van der Waals surface area contributed by atoms with E-state index in [2.05, 4.69) is 31.2 Å². The maximum Gasteiger partial charge on any atom is 0.00712 e. The molecular formula is C4H13NP2. The molecule has 0 aromatic rings. The van der Waals surface area contributed by atoms with Crippen molar-refractivity contribution in [3.8, 4) is 0 Å². The van der Waals surface area contributed by atoms with Crippen LogP contribution in [0.15, 0.2) is 4.52 Å². The highest BCUT2D eigenvalue weighted by atomic mass is 31.2. The van der Waals surface area contributed by atoms with Gasteiger partial charge in [0.25, 0.3) is 0 Å². The van der Waals surface area contributed by atoms with E-state index in [1.54, 1.807) is 0 Å². The van der Waals surface area contributed by atoms with Crippen LogP contribution in [0.1, 0.15) is 0 Å². The maximum absolute atomic E-state index is 4.44. The van der Waals surface area contributed by atoms with Crippen LogP contribution in [0, 0.1) is 0 Å². The van der Waals surface area contributed by atoms with Gasteiger partial charge in [-0.3, -0.25) is 4.52 Å². The van der Waals surface area contributed by atoms with Gasteiger partial charge in [-0.1, -0.05) is 0 Å². The van der Waals surface area contributed by atoms with Gasteiger partial charge in [0, 0.05) is 8.07 Å². The van der Waals surface area contributed by atoms with Gasteiger partial charge in [-0.25, -0.2) is 0 Å². The molecule has 3 heteroatoms. The minimum atomic E-state index is -0.280. The Morgan fingerprint density at radius 3 is 1.71 bits per heavy atom. The summed E-state index contributed by atoms with van der Waals surface area (Å²) in [5.74, 6) is 0. The number of hydrogen-bond acceptors (Lipinski definition) is 1. The molecule has 44 valence electrons. The summed E-state index contributed by atoms with van der Waals surface area (Å²) >= 11 is 0. The minimum absolute atomic E-state index is 0.0303. The second kappa shape index (κ2) is 3.64. The van der Waals surface area contributed by atoms with Crippen LogP contribution in [-0.2, 0) is 0 Å². The van der Waals surface area contributed by atoms with E-state index < -0.39 is 0 Å². The third-order valence-electron chi connectivity index (χ3n) is 0.400. The van der Waals surface area contributed by atoms with Crippen molar-refractivity contribution in [3.05, 3.63) is 0 Å². The first kappa shape index (κ1) is 7.66. The summed E-state index contributed by atoms with van der Waals surface area (Å²) < 4.78 is 4.44. The van der Waals surface area contributed by atoms with Crippen LogP contribution in [0.25, 0.3) is 0 Å². The van der Waals surface area contributed by atoms with Crippen LogP contribution in [0.5, 0.6) is 0 Å². The zero-order chi connectivity index (χ0) is 5.86. The van der Waals surface area contributed by atoms with Gasteiger partial charge in [-0.2, -0.15) is 0 Å². The third kappa shape index (κ3) is 6.66. The van der Waals surface area contributed by atoms with Crippen molar-refractivity contribution in [2.45, 2.75) is 0 Å². The van der Waals surface area contributed by atoms with E-state index in [9.17, 15) is 0 Å². The molecule has 0 heterocycles. The Morgan fingerprint density at radius 2 is 1.71 bits per heavy atom. The fourth-order valence-electron chi connectivity index (χ4n) is 0.400. The molecule has 0 aromatic heterocycles. The fraction of sp³-hybridized carbons (Fsp3) is 1.00. The van der Waals surface area contributed by atoms with E-state index >= 15 is 0 Å². The molecule has 0 saturated heterocycles. The molecule has 0 unspecified atom stereocenters. The molecule has 0 aliphatic carbocycles. The Kier molecular flexibility index (Phi) is 3.98. The standard InChI is InChI=1S/C4H13NP2/c1-6(2)5-7(3)4/h6H,1-4H3. The van der Waals surface area contributed by atoms with Crippen molar-refractivity contribution in [1.82, 2.24) is 0 Å². The van der Waals surface area contributed by atoms with E-state index in [1.807, 2.05) is 0 Å². The Bertz CT molecular complexity index is 73.8. The molecule has 0 aromatic carbocycles. The molecule has 0 aliphatic rings. The Balaban J connectivity index is 3.45. The van der Waals surface area contributed by atoms with Crippen molar-refractivity contribution in [2.75, 3.05) is 26.7 Å². The number of nitrogens with zero attached hydrogens (tertiary/aromatic N) is 1. The van der Waals surface area contributed by atoms with Gasteiger partial charge in [0.05, 0.1) is 0 Å². The third-order valence-corrected chi connectivity index (χ3v) is 3.60. The van der Waals surface area contributed by atoms with Crippen LogP contribution in [0.4, 0.5) is 0 Å². The fourth-order valence-corrected chi connectivity index (χ4v) is 3.60. The summed E-state index contributed by atoms with van der Waals surface area (Å²) in [5.41, 5.74) is 0. The molecule has 1 nitrogen and oxygen atoms in total. The molecule has 0 aliphatic heterocycles. The predicted octanol–water partition coefficient (Wildman–Crippen LogP) is 2.30. The van der Waals surface area contributed by atoms with Gasteiger partial charge in [-0.05, 0) is 34.4 Å². The molecule has 0 spiro atoms. The first-order valence-electron chi connectivity index (χ1n) is 2.32. The summed E-state index contributed by atoms with van der Waals surface area (Å²) in [4.78, 5) is 0. The average molecular weight is 137 g/mol. The highest BCUT2D eigenvalue weighted by Crippen LogP contribution is 2.34. The van der Waals surface area contributed by atoms with Gasteiger partial charge in [0.2, 0.25) is 0 Å². The topological polar surface area (TPSA) is 12.4 Å². The zero-order valence-corrected chi connectivity index (χ0v) is 7.29. The molecule has 0 fully saturated rings. The van der Waals surface area contributed by atoms with Gasteiger partial charge < -0.3 is 0 Å². The highest BCUT2D eigenvalue weighted by Gasteiger charge is 1.81. The lowest BCUT2D eigenvalue weighted by molar-refractivity contribution is 1.88. The number of rotatable bonds is 1. The van der Waals surface area contributed by atoms with Gasteiger partial charge in [0.15, 0.2) is 0 Å². The average Bonchev–Trinajstić information content (AvgIpc) is 1.27. The van der Waals surface area contributed by atoms with Crippen molar-refractivity contribution in [1.29, 1.82) is 0 Å². The predicted molar refractivity (Wildman–Crippen MR) is 41.4 cm³/mol. The second-order valence-corrected chi connectivity index (χ2v) is 6.28. The summed E-state index contributed by atoms with van der Waals surface area (Å²) in [6.07, 6.45) is 0. The summed E-state index contributed by atoms with van der Waals surface area (Å²) in [7, 11) is -0.250. The quantitative estimate of drug-likeness (QED) is 0.491. The molecule has 0 rings (SSSR count). The lowest BCUT2D eigenvalue weighted by Crippen LogP contribution is -1.53. The van der Waals surface area contributed by atoms with Crippen LogP contribution < -0.4 is 0 Å². The van der Waals surface area contributed by atoms with Gasteiger partial charge in [0.1, 0.15) is 0 Å². The first-order valence-corrected chi connectivity index (χ1v) is 6.95. The molecule has 0 amide bonds. The van der Waals surface area contributed by atoms with Crippen LogP contribution in [0.2, 0.25) is 0 Å². The molecule has 0 N–H and O–H groups in total. The second-order valence-electron chi connectivity index (χ2n) is 1.89. The molecule has 0 atom stereocenters. The zero-order valence-electron chi connectivity index (χ0n) is 5.39. The minimum Gasteiger partial charge on any atom is -0.284 e. The van der Waals surface area contributed by atoms with Crippen molar-refractivity contribution in [2.24, 2.45) is 4.52 Å². The molecule has 7 heavy (non-hydrogen) atoms. The van der Waals surface area contributed by atoms with Gasteiger partial charge >= 0.3 is 0 Å². The monoisotopic (exact) mass is 137 g/mol. The van der Waals surface area contributed by atoms with E-state index in [0.29, 0.717) is 0 Å². The lowest BCUT2D eigenvalue weighted by atomic mass is 11.9. The summed E-state index contributed by atoms with van der Waals surface area (Å²) in [6.45, 7) is 8.81. The number of hydrogen-bond donors (Lipinski definition) is 0. The SMILES string of the molecule is CP(C)N=[PH](C)C. The largest absolute Gasteiger partial charge is 0.284 e. The van der Waals surface area contributed by atoms with E-state index in [1.165, 1.54) is 0 Å². The molecule has 0 radical (unpaired) electrons. The van der Waals surface area contributed by atoms with Crippen molar-refractivity contribution >= 4 is 15.8 Å². The van der Waals surface area contributed by atoms with Crippen molar-refractivity contribution in [3.63, 3.8) is 0 Å². The smallest absolute Gasteiger partial charge is 0.00712 e.